The third kappa shape index (κ3) is 1.54. The number of primary sulfonamides is 1. The number of nitrogens with two attached hydrogens (primary N) is 1. The highest BCUT2D eigenvalue weighted by Gasteiger charge is 2.11. The van der Waals surface area contributed by atoms with E-state index in [-0.39, 0.29) is 16.0 Å². The van der Waals surface area contributed by atoms with Crippen molar-refractivity contribution in [2.75, 3.05) is 0 Å². The zero-order valence-corrected chi connectivity index (χ0v) is 6.22. The minimum atomic E-state index is -3.45. The lowest BCUT2D eigenvalue weighted by Gasteiger charge is -1.93. The van der Waals surface area contributed by atoms with Crippen molar-refractivity contribution in [2.45, 2.75) is 0 Å². The molecule has 1 heterocycles. The third-order valence-corrected chi connectivity index (χ3v) is 3.40. The van der Waals surface area contributed by atoms with Crippen LogP contribution in [0.25, 0.3) is 0 Å². The van der Waals surface area contributed by atoms with Gasteiger partial charge < -0.3 is 0 Å². The van der Waals surface area contributed by atoms with E-state index < -0.39 is 10.0 Å². The van der Waals surface area contributed by atoms with Gasteiger partial charge in [-0.25, -0.2) is 13.6 Å². The molecule has 0 saturated carbocycles. The van der Waals surface area contributed by atoms with Gasteiger partial charge in [0.1, 0.15) is 4.24 Å². The van der Waals surface area contributed by atoms with Gasteiger partial charge >= 0.3 is 0 Å². The van der Waals surface area contributed by atoms with Crippen LogP contribution in [-0.4, -0.2) is 14.0 Å². The highest BCUT2D eigenvalue weighted by atomic mass is 32.3. The van der Waals surface area contributed by atoms with Crippen molar-refractivity contribution in [1.29, 1.82) is 0 Å². The first-order valence-electron chi connectivity index (χ1n) is 2.12. The molecule has 0 aromatic heterocycles. The van der Waals surface area contributed by atoms with Gasteiger partial charge in [0.25, 0.3) is 0 Å². The van der Waals surface area contributed by atoms with E-state index in [1.165, 1.54) is 11.7 Å². The van der Waals surface area contributed by atoms with E-state index in [2.05, 4.69) is 4.99 Å². The molecule has 0 aromatic carbocycles. The molecule has 0 aromatic rings. The van der Waals surface area contributed by atoms with Crippen LogP contribution < -0.4 is 5.14 Å². The number of hydrogen-bond acceptors (Lipinski definition) is 3. The summed E-state index contributed by atoms with van der Waals surface area (Å²) in [6, 6.07) is 0. The molecule has 0 fully saturated rings. The van der Waals surface area contributed by atoms with Crippen molar-refractivity contribution < 1.29 is 8.42 Å². The Morgan fingerprint density at radius 2 is 2.33 bits per heavy atom. The molecule has 52 valence electrons. The van der Waals surface area contributed by atoms with E-state index in [0.29, 0.717) is 0 Å². The SMILES string of the molecule is NS(=O)(=O)C1=CN=C[SH2]1. The topological polar surface area (TPSA) is 72.5 Å². The molecular formula is C3H6N2O2S2. The second-order valence-electron chi connectivity index (χ2n) is 1.46. The van der Waals surface area contributed by atoms with Crippen LogP contribution in [-0.2, 0) is 10.0 Å². The molecule has 9 heavy (non-hydrogen) atoms. The maximum Gasteiger partial charge on any atom is 0.244 e. The standard InChI is InChI=1S/C3H6N2O2S2/c4-9(6,7)3-1-5-2-8-3/h1-2H,8H2,(H2,4,6,7). The van der Waals surface area contributed by atoms with Crippen LogP contribution >= 0.6 is 11.8 Å². The van der Waals surface area contributed by atoms with E-state index in [0.717, 1.165) is 0 Å². The maximum atomic E-state index is 10.5. The average Bonchev–Trinajstić information content (AvgIpc) is 2.08. The summed E-state index contributed by atoms with van der Waals surface area (Å²) in [5.41, 5.74) is 1.53. The van der Waals surface area contributed by atoms with Crippen molar-refractivity contribution in [1.82, 2.24) is 0 Å². The number of aliphatic imine (C=N–C) groups is 1. The lowest BCUT2D eigenvalue weighted by atomic mass is 11.0. The molecule has 0 saturated heterocycles. The molecule has 0 amide bonds. The summed E-state index contributed by atoms with van der Waals surface area (Å²) in [6.45, 7) is 0. The van der Waals surface area contributed by atoms with Gasteiger partial charge in [-0.2, -0.15) is 11.8 Å². The van der Waals surface area contributed by atoms with Crippen molar-refractivity contribution in [2.24, 2.45) is 10.1 Å². The number of hydrogen-bond donors (Lipinski definition) is 1. The molecule has 0 radical (unpaired) electrons. The van der Waals surface area contributed by atoms with Gasteiger partial charge in [0.2, 0.25) is 10.0 Å². The fourth-order valence-corrected chi connectivity index (χ4v) is 1.85. The number of sulfonamides is 1. The van der Waals surface area contributed by atoms with Gasteiger partial charge in [-0.15, -0.1) is 0 Å². The Morgan fingerprint density at radius 3 is 2.56 bits per heavy atom. The summed E-state index contributed by atoms with van der Waals surface area (Å²) in [7, 11) is -3.45. The van der Waals surface area contributed by atoms with Crippen molar-refractivity contribution >= 4 is 27.3 Å². The quantitative estimate of drug-likeness (QED) is 0.560. The molecule has 1 rings (SSSR count). The van der Waals surface area contributed by atoms with E-state index in [4.69, 9.17) is 5.14 Å². The number of rotatable bonds is 1. The normalized spacial score (nSPS) is 22.6. The highest BCUT2D eigenvalue weighted by molar-refractivity contribution is 8.26. The lowest BCUT2D eigenvalue weighted by molar-refractivity contribution is 0.605. The van der Waals surface area contributed by atoms with Crippen LogP contribution in [0.5, 0.6) is 0 Å². The Labute approximate surface area is 56.9 Å². The smallest absolute Gasteiger partial charge is 0.244 e. The molecule has 1 aliphatic heterocycles. The molecule has 1 aliphatic rings. The van der Waals surface area contributed by atoms with Gasteiger partial charge in [-0.05, 0) is 0 Å². The van der Waals surface area contributed by atoms with E-state index >= 15 is 0 Å². The minimum Gasteiger partial charge on any atom is -0.258 e. The van der Waals surface area contributed by atoms with Gasteiger partial charge in [0.05, 0.1) is 6.20 Å². The van der Waals surface area contributed by atoms with Crippen LogP contribution in [0.15, 0.2) is 15.4 Å². The lowest BCUT2D eigenvalue weighted by Crippen LogP contribution is -2.11. The predicted octanol–water partition coefficient (Wildman–Crippen LogP) is -0.686. The van der Waals surface area contributed by atoms with E-state index in [1.807, 2.05) is 0 Å². The molecule has 0 atom stereocenters. The van der Waals surface area contributed by atoms with Crippen LogP contribution in [0.2, 0.25) is 0 Å². The summed E-state index contributed by atoms with van der Waals surface area (Å²) in [4.78, 5) is 3.60. The van der Waals surface area contributed by atoms with Gasteiger partial charge in [-0.1, -0.05) is 0 Å². The molecular weight excluding hydrogens is 160 g/mol. The van der Waals surface area contributed by atoms with Crippen molar-refractivity contribution in [3.8, 4) is 0 Å². The summed E-state index contributed by atoms with van der Waals surface area (Å²) in [5.74, 6) is 0. The first kappa shape index (κ1) is 6.79. The maximum absolute atomic E-state index is 10.5. The predicted molar refractivity (Wildman–Crippen MR) is 40.1 cm³/mol. The van der Waals surface area contributed by atoms with E-state index in [9.17, 15) is 8.42 Å². The molecule has 0 bridgehead atoms. The van der Waals surface area contributed by atoms with Crippen LogP contribution in [0.3, 0.4) is 0 Å². The molecule has 0 aliphatic carbocycles. The summed E-state index contributed by atoms with van der Waals surface area (Å²) in [5, 5.41) is 4.77. The summed E-state index contributed by atoms with van der Waals surface area (Å²) >= 11 is 0.108. The molecule has 4 nitrogen and oxygen atoms in total. The van der Waals surface area contributed by atoms with Crippen LogP contribution in [0, 0.1) is 0 Å². The van der Waals surface area contributed by atoms with Gasteiger partial charge in [-0.3, -0.25) is 4.99 Å². The van der Waals surface area contributed by atoms with Gasteiger partial charge in [0.15, 0.2) is 0 Å². The first-order valence-corrected chi connectivity index (χ1v) is 4.74. The minimum absolute atomic E-state index is 0.108. The summed E-state index contributed by atoms with van der Waals surface area (Å²) < 4.78 is 21.2. The zero-order valence-electron chi connectivity index (χ0n) is 4.40. The zero-order chi connectivity index (χ0) is 6.91. The average molecular weight is 166 g/mol. The highest BCUT2D eigenvalue weighted by Crippen LogP contribution is 2.21. The Bertz CT molecular complexity index is 264. The largest absolute Gasteiger partial charge is 0.258 e. The molecule has 6 heteroatoms. The monoisotopic (exact) mass is 166 g/mol. The fourth-order valence-electron chi connectivity index (χ4n) is 0.399. The third-order valence-electron chi connectivity index (χ3n) is 0.780. The van der Waals surface area contributed by atoms with Gasteiger partial charge in [0, 0.05) is 5.55 Å². The van der Waals surface area contributed by atoms with E-state index in [1.54, 1.807) is 0 Å². The fraction of sp³-hybridized carbons (Fsp3) is 0. The molecule has 2 N–H and O–H groups in total. The van der Waals surface area contributed by atoms with Crippen molar-refractivity contribution in [3.63, 3.8) is 0 Å². The molecule has 0 spiro atoms. The Balaban J connectivity index is 2.92. The van der Waals surface area contributed by atoms with Crippen LogP contribution in [0.4, 0.5) is 0 Å². The first-order chi connectivity index (χ1) is 4.11. The Morgan fingerprint density at radius 1 is 1.67 bits per heavy atom. The van der Waals surface area contributed by atoms with Crippen molar-refractivity contribution in [3.05, 3.63) is 10.4 Å². The van der Waals surface area contributed by atoms with Crippen LogP contribution in [0.1, 0.15) is 0 Å². The molecule has 0 unspecified atom stereocenters. The summed E-state index contributed by atoms with van der Waals surface area (Å²) in [6.07, 6.45) is 1.27. The second-order valence-corrected chi connectivity index (χ2v) is 4.44. The second kappa shape index (κ2) is 2.13. The Kier molecular flexibility index (Phi) is 1.60. The Hall–Kier alpha value is -0.330. The number of nitrogens with zero attached hydrogens (tertiary/aromatic N) is 1.